The number of Topliss-reactive ketones (excluding diaryl/α,β-unsaturated/α-hetero) is 2. The third-order valence-electron chi connectivity index (χ3n) is 8.72. The molecule has 0 aliphatic heterocycles. The molecule has 4 saturated carbocycles. The van der Waals surface area contributed by atoms with Crippen molar-refractivity contribution in [1.82, 2.24) is 0 Å². The summed E-state index contributed by atoms with van der Waals surface area (Å²) in [4.78, 5) is 24.7. The van der Waals surface area contributed by atoms with Gasteiger partial charge in [-0.3, -0.25) is 9.59 Å². The summed E-state index contributed by atoms with van der Waals surface area (Å²) < 4.78 is 6.07. The standard InChI is InChI=1S/C22H34O3/c1-4-11-25-20-19(24)13-18-16-6-5-14-12-15(23)7-9-21(14,2)17(16)8-10-22(18,20)3/h14,16-18,20H,4-13H2,1-3H3/t14-,16+,17-,18-,20-,21-,22-/m0/s1. The fourth-order valence-corrected chi connectivity index (χ4v) is 7.31. The van der Waals surface area contributed by atoms with Crippen LogP contribution in [0, 0.1) is 34.5 Å². The first kappa shape index (κ1) is 17.7. The van der Waals surface area contributed by atoms with Gasteiger partial charge in [0.05, 0.1) is 0 Å². The highest BCUT2D eigenvalue weighted by Crippen LogP contribution is 2.65. The summed E-state index contributed by atoms with van der Waals surface area (Å²) in [6, 6.07) is 0. The van der Waals surface area contributed by atoms with Crippen molar-refractivity contribution in [3.63, 3.8) is 0 Å². The van der Waals surface area contributed by atoms with E-state index in [2.05, 4.69) is 20.8 Å². The van der Waals surface area contributed by atoms with E-state index >= 15 is 0 Å². The molecule has 4 aliphatic rings. The van der Waals surface area contributed by atoms with Crippen LogP contribution in [0.15, 0.2) is 0 Å². The van der Waals surface area contributed by atoms with Crippen molar-refractivity contribution in [3.8, 4) is 0 Å². The van der Waals surface area contributed by atoms with Gasteiger partial charge in [-0.1, -0.05) is 20.8 Å². The maximum atomic E-state index is 12.8. The van der Waals surface area contributed by atoms with Crippen LogP contribution in [0.25, 0.3) is 0 Å². The summed E-state index contributed by atoms with van der Waals surface area (Å²) in [5.74, 6) is 3.28. The van der Waals surface area contributed by atoms with Gasteiger partial charge < -0.3 is 4.74 Å². The number of carbonyl (C=O) groups excluding carboxylic acids is 2. The zero-order valence-corrected chi connectivity index (χ0v) is 16.2. The van der Waals surface area contributed by atoms with Gasteiger partial charge in [-0.15, -0.1) is 0 Å². The monoisotopic (exact) mass is 346 g/mol. The molecule has 4 fully saturated rings. The molecule has 25 heavy (non-hydrogen) atoms. The number of ketones is 2. The first-order valence-electron chi connectivity index (χ1n) is 10.6. The van der Waals surface area contributed by atoms with Crippen LogP contribution in [-0.2, 0) is 14.3 Å². The molecule has 3 nitrogen and oxygen atoms in total. The molecule has 0 radical (unpaired) electrons. The van der Waals surface area contributed by atoms with Gasteiger partial charge in [0.25, 0.3) is 0 Å². The second kappa shape index (κ2) is 6.18. The van der Waals surface area contributed by atoms with Crippen LogP contribution in [0.5, 0.6) is 0 Å². The molecule has 0 saturated heterocycles. The number of carbonyl (C=O) groups is 2. The molecule has 140 valence electrons. The van der Waals surface area contributed by atoms with Crippen molar-refractivity contribution in [2.75, 3.05) is 6.61 Å². The lowest BCUT2D eigenvalue weighted by atomic mass is 9.45. The maximum Gasteiger partial charge on any atom is 0.162 e. The molecular weight excluding hydrogens is 312 g/mol. The van der Waals surface area contributed by atoms with Gasteiger partial charge in [-0.2, -0.15) is 0 Å². The molecule has 0 heterocycles. The normalized spacial score (nSPS) is 49.5. The van der Waals surface area contributed by atoms with Gasteiger partial charge >= 0.3 is 0 Å². The molecule has 4 rings (SSSR count). The number of hydrogen-bond donors (Lipinski definition) is 0. The Kier molecular flexibility index (Phi) is 4.38. The number of rotatable bonds is 3. The Morgan fingerprint density at radius 1 is 1.00 bits per heavy atom. The Balaban J connectivity index is 1.59. The highest BCUT2D eigenvalue weighted by atomic mass is 16.5. The summed E-state index contributed by atoms with van der Waals surface area (Å²) in [6.07, 6.45) is 8.93. The van der Waals surface area contributed by atoms with Crippen molar-refractivity contribution < 1.29 is 14.3 Å². The molecule has 0 unspecified atom stereocenters. The van der Waals surface area contributed by atoms with Gasteiger partial charge in [-0.05, 0) is 67.6 Å². The molecule has 0 N–H and O–H groups in total. The Morgan fingerprint density at radius 2 is 1.80 bits per heavy atom. The Labute approximate surface area is 152 Å². The molecule has 0 amide bonds. The third kappa shape index (κ3) is 2.56. The van der Waals surface area contributed by atoms with Crippen molar-refractivity contribution in [2.24, 2.45) is 34.5 Å². The fraction of sp³-hybridized carbons (Fsp3) is 0.909. The molecule has 0 aromatic rings. The van der Waals surface area contributed by atoms with Gasteiger partial charge in [0.2, 0.25) is 0 Å². The first-order valence-corrected chi connectivity index (χ1v) is 10.6. The predicted molar refractivity (Wildman–Crippen MR) is 97.2 cm³/mol. The summed E-state index contributed by atoms with van der Waals surface area (Å²) in [5.41, 5.74) is 0.366. The topological polar surface area (TPSA) is 43.4 Å². The quantitative estimate of drug-likeness (QED) is 0.751. The molecule has 7 atom stereocenters. The lowest BCUT2D eigenvalue weighted by Crippen LogP contribution is -2.54. The molecule has 0 aromatic heterocycles. The fourth-order valence-electron chi connectivity index (χ4n) is 7.31. The van der Waals surface area contributed by atoms with E-state index < -0.39 is 0 Å². The predicted octanol–water partition coefficient (Wildman–Crippen LogP) is 4.57. The van der Waals surface area contributed by atoms with Crippen LogP contribution in [0.3, 0.4) is 0 Å². The zero-order valence-electron chi connectivity index (χ0n) is 16.2. The van der Waals surface area contributed by atoms with E-state index in [9.17, 15) is 9.59 Å². The maximum absolute atomic E-state index is 12.8. The van der Waals surface area contributed by atoms with Crippen LogP contribution in [0.4, 0.5) is 0 Å². The van der Waals surface area contributed by atoms with E-state index in [1.807, 2.05) is 0 Å². The van der Waals surface area contributed by atoms with Crippen molar-refractivity contribution >= 4 is 11.6 Å². The smallest absolute Gasteiger partial charge is 0.162 e. The van der Waals surface area contributed by atoms with E-state index in [1.54, 1.807) is 0 Å². The Hall–Kier alpha value is -0.700. The molecule has 3 heteroatoms. The average Bonchev–Trinajstić information content (AvgIpc) is 2.84. The molecule has 0 aromatic carbocycles. The van der Waals surface area contributed by atoms with Gasteiger partial charge in [0.15, 0.2) is 5.78 Å². The Morgan fingerprint density at radius 3 is 2.56 bits per heavy atom. The van der Waals surface area contributed by atoms with E-state index in [1.165, 1.54) is 19.3 Å². The molecule has 4 aliphatic carbocycles. The SMILES string of the molecule is CCCO[C@H]1C(=O)C[C@H]2[C@@H]3CC[C@H]4CC(=O)CC[C@]4(C)[C@H]3CC[C@]12C. The lowest BCUT2D eigenvalue weighted by Gasteiger charge is -2.59. The van der Waals surface area contributed by atoms with Gasteiger partial charge in [-0.25, -0.2) is 0 Å². The molecular formula is C22H34O3. The van der Waals surface area contributed by atoms with Crippen LogP contribution in [0.1, 0.15) is 78.6 Å². The first-order chi connectivity index (χ1) is 11.9. The minimum Gasteiger partial charge on any atom is -0.370 e. The lowest BCUT2D eigenvalue weighted by molar-refractivity contribution is -0.148. The van der Waals surface area contributed by atoms with E-state index in [0.717, 1.165) is 38.5 Å². The van der Waals surface area contributed by atoms with E-state index in [-0.39, 0.29) is 11.5 Å². The van der Waals surface area contributed by atoms with Gasteiger partial charge in [0, 0.05) is 31.3 Å². The minimum atomic E-state index is -0.170. The van der Waals surface area contributed by atoms with Crippen molar-refractivity contribution in [2.45, 2.75) is 84.7 Å². The second-order valence-corrected chi connectivity index (χ2v) is 9.87. The molecule has 0 bridgehead atoms. The molecule has 0 spiro atoms. The third-order valence-corrected chi connectivity index (χ3v) is 8.72. The number of fused-ring (bicyclic) bond motifs is 5. The summed E-state index contributed by atoms with van der Waals surface area (Å²) in [6.45, 7) is 7.61. The zero-order chi connectivity index (χ0) is 17.8. The van der Waals surface area contributed by atoms with E-state index in [4.69, 9.17) is 4.74 Å². The van der Waals surface area contributed by atoms with E-state index in [0.29, 0.717) is 47.3 Å². The van der Waals surface area contributed by atoms with Crippen molar-refractivity contribution in [1.29, 1.82) is 0 Å². The summed E-state index contributed by atoms with van der Waals surface area (Å²) >= 11 is 0. The summed E-state index contributed by atoms with van der Waals surface area (Å²) in [7, 11) is 0. The number of ether oxygens (including phenoxy) is 1. The second-order valence-electron chi connectivity index (χ2n) is 9.87. The number of hydrogen-bond acceptors (Lipinski definition) is 3. The minimum absolute atomic E-state index is 0.0428. The van der Waals surface area contributed by atoms with Crippen LogP contribution >= 0.6 is 0 Å². The highest BCUT2D eigenvalue weighted by Gasteiger charge is 2.62. The highest BCUT2D eigenvalue weighted by molar-refractivity contribution is 5.87. The van der Waals surface area contributed by atoms with Crippen LogP contribution in [-0.4, -0.2) is 24.3 Å². The summed E-state index contributed by atoms with van der Waals surface area (Å²) in [5, 5.41) is 0. The van der Waals surface area contributed by atoms with Crippen LogP contribution in [0.2, 0.25) is 0 Å². The largest absolute Gasteiger partial charge is 0.370 e. The van der Waals surface area contributed by atoms with Crippen LogP contribution < -0.4 is 0 Å². The average molecular weight is 347 g/mol. The van der Waals surface area contributed by atoms with Gasteiger partial charge in [0.1, 0.15) is 11.9 Å². The van der Waals surface area contributed by atoms with Crippen molar-refractivity contribution in [3.05, 3.63) is 0 Å². The Bertz CT molecular complexity index is 570.